The predicted molar refractivity (Wildman–Crippen MR) is 60.7 cm³/mol. The molecule has 4 nitrogen and oxygen atoms in total. The second-order valence-electron chi connectivity index (χ2n) is 3.78. The Hall–Kier alpha value is -1.58. The molecule has 0 saturated carbocycles. The first-order valence-corrected chi connectivity index (χ1v) is 5.28. The minimum Gasteiger partial charge on any atom is -0.460 e. The lowest BCUT2D eigenvalue weighted by Gasteiger charge is -2.25. The highest BCUT2D eigenvalue weighted by Crippen LogP contribution is 2.25. The van der Waals surface area contributed by atoms with Gasteiger partial charge in [0, 0.05) is 13.5 Å². The van der Waals surface area contributed by atoms with E-state index in [4.69, 9.17) is 4.74 Å². The van der Waals surface area contributed by atoms with E-state index < -0.39 is 0 Å². The summed E-state index contributed by atoms with van der Waals surface area (Å²) in [4.78, 5) is 24.3. The van der Waals surface area contributed by atoms with Gasteiger partial charge in [-0.05, 0) is 6.42 Å². The zero-order valence-corrected chi connectivity index (χ0v) is 9.52. The van der Waals surface area contributed by atoms with E-state index in [2.05, 4.69) is 13.2 Å². The molecule has 0 N–H and O–H groups in total. The standard InChI is InChI=1S/C12H17NO3/c1-4-6-10-11(16-9(3)14)8-12(15)13(10)7-5-2/h4-5,10-11H,1-2,6-8H2,3H3/t10?,11-/m0/s1. The van der Waals surface area contributed by atoms with E-state index in [1.807, 2.05) is 0 Å². The lowest BCUT2D eigenvalue weighted by Crippen LogP contribution is -2.38. The average molecular weight is 223 g/mol. The first-order valence-electron chi connectivity index (χ1n) is 5.28. The maximum atomic E-state index is 11.7. The Morgan fingerprint density at radius 3 is 2.75 bits per heavy atom. The maximum Gasteiger partial charge on any atom is 0.302 e. The molecule has 1 aliphatic heterocycles. The van der Waals surface area contributed by atoms with Crippen LogP contribution in [0.15, 0.2) is 25.3 Å². The summed E-state index contributed by atoms with van der Waals surface area (Å²) in [5.74, 6) is -0.356. The highest BCUT2D eigenvalue weighted by Gasteiger charge is 2.40. The predicted octanol–water partition coefficient (Wildman–Crippen LogP) is 1.28. The van der Waals surface area contributed by atoms with Crippen LogP contribution < -0.4 is 0 Å². The topological polar surface area (TPSA) is 46.6 Å². The molecule has 0 aromatic rings. The fourth-order valence-electron chi connectivity index (χ4n) is 1.97. The van der Waals surface area contributed by atoms with Gasteiger partial charge >= 0.3 is 5.97 Å². The van der Waals surface area contributed by atoms with Crippen molar-refractivity contribution in [3.05, 3.63) is 25.3 Å². The van der Waals surface area contributed by atoms with Crippen LogP contribution in [0.3, 0.4) is 0 Å². The number of amides is 1. The molecule has 1 rings (SSSR count). The zero-order chi connectivity index (χ0) is 12.1. The van der Waals surface area contributed by atoms with E-state index in [0.29, 0.717) is 13.0 Å². The van der Waals surface area contributed by atoms with Gasteiger partial charge in [0.05, 0.1) is 12.5 Å². The lowest BCUT2D eigenvalue weighted by atomic mass is 10.1. The fourth-order valence-corrected chi connectivity index (χ4v) is 1.97. The van der Waals surface area contributed by atoms with Crippen LogP contribution in [0.25, 0.3) is 0 Å². The first-order chi connectivity index (χ1) is 7.60. The van der Waals surface area contributed by atoms with Crippen LogP contribution in [-0.2, 0) is 14.3 Å². The molecular formula is C12H17NO3. The van der Waals surface area contributed by atoms with Crippen LogP contribution in [0.4, 0.5) is 0 Å². The maximum absolute atomic E-state index is 11.7. The van der Waals surface area contributed by atoms with Crippen LogP contribution >= 0.6 is 0 Å². The molecular weight excluding hydrogens is 206 g/mol. The third kappa shape index (κ3) is 2.72. The Morgan fingerprint density at radius 2 is 2.25 bits per heavy atom. The van der Waals surface area contributed by atoms with E-state index >= 15 is 0 Å². The molecule has 1 amide bonds. The molecule has 0 radical (unpaired) electrons. The summed E-state index contributed by atoms with van der Waals surface area (Å²) < 4.78 is 5.14. The molecule has 4 heteroatoms. The molecule has 16 heavy (non-hydrogen) atoms. The molecule has 1 saturated heterocycles. The summed E-state index contributed by atoms with van der Waals surface area (Å²) in [6, 6.07) is -0.105. The van der Waals surface area contributed by atoms with Crippen LogP contribution in [-0.4, -0.2) is 35.5 Å². The smallest absolute Gasteiger partial charge is 0.302 e. The number of hydrogen-bond acceptors (Lipinski definition) is 3. The van der Waals surface area contributed by atoms with Crippen molar-refractivity contribution in [2.24, 2.45) is 0 Å². The monoisotopic (exact) mass is 223 g/mol. The van der Waals surface area contributed by atoms with Gasteiger partial charge in [-0.25, -0.2) is 0 Å². The highest BCUT2D eigenvalue weighted by atomic mass is 16.5. The summed E-state index contributed by atoms with van der Waals surface area (Å²) >= 11 is 0. The lowest BCUT2D eigenvalue weighted by molar-refractivity contribution is -0.147. The zero-order valence-electron chi connectivity index (χ0n) is 9.52. The molecule has 1 fully saturated rings. The molecule has 0 spiro atoms. The van der Waals surface area contributed by atoms with Crippen LogP contribution in [0.1, 0.15) is 19.8 Å². The average Bonchev–Trinajstić information content (AvgIpc) is 2.46. The third-order valence-electron chi connectivity index (χ3n) is 2.58. The van der Waals surface area contributed by atoms with Crippen molar-refractivity contribution in [1.82, 2.24) is 4.90 Å². The number of carbonyl (C=O) groups is 2. The van der Waals surface area contributed by atoms with Crippen LogP contribution in [0.5, 0.6) is 0 Å². The minimum absolute atomic E-state index is 0.00185. The molecule has 0 aromatic carbocycles. The molecule has 0 aromatic heterocycles. The van der Waals surface area contributed by atoms with E-state index in [1.54, 1.807) is 17.1 Å². The van der Waals surface area contributed by atoms with Gasteiger partial charge in [-0.15, -0.1) is 13.2 Å². The number of nitrogens with zero attached hydrogens (tertiary/aromatic N) is 1. The number of rotatable bonds is 5. The Bertz CT molecular complexity index is 311. The summed E-state index contributed by atoms with van der Waals surface area (Å²) in [7, 11) is 0. The van der Waals surface area contributed by atoms with Crippen LogP contribution in [0, 0.1) is 0 Å². The SMILES string of the molecule is C=CCC1[C@@H](OC(C)=O)CC(=O)N1CC=C. The molecule has 0 aliphatic carbocycles. The molecule has 2 atom stereocenters. The molecule has 0 bridgehead atoms. The molecule has 88 valence electrons. The summed E-state index contributed by atoms with van der Waals surface area (Å²) in [5, 5.41) is 0. The second-order valence-corrected chi connectivity index (χ2v) is 3.78. The first kappa shape index (κ1) is 12.5. The normalized spacial score (nSPS) is 24.3. The Labute approximate surface area is 95.6 Å². The van der Waals surface area contributed by atoms with Crippen LogP contribution in [0.2, 0.25) is 0 Å². The highest BCUT2D eigenvalue weighted by molar-refractivity contribution is 5.80. The molecule has 1 aliphatic rings. The van der Waals surface area contributed by atoms with Crippen molar-refractivity contribution in [3.8, 4) is 0 Å². The minimum atomic E-state index is -0.358. The van der Waals surface area contributed by atoms with Crippen molar-refractivity contribution >= 4 is 11.9 Å². The summed E-state index contributed by atoms with van der Waals surface area (Å²) in [6.45, 7) is 9.10. The van der Waals surface area contributed by atoms with E-state index in [-0.39, 0.29) is 30.4 Å². The molecule has 1 heterocycles. The number of ether oxygens (including phenoxy) is 1. The van der Waals surface area contributed by atoms with Gasteiger partial charge in [0.25, 0.3) is 0 Å². The summed E-state index contributed by atoms with van der Waals surface area (Å²) in [5.41, 5.74) is 0. The third-order valence-corrected chi connectivity index (χ3v) is 2.58. The Morgan fingerprint density at radius 1 is 1.56 bits per heavy atom. The van der Waals surface area contributed by atoms with Gasteiger partial charge in [-0.1, -0.05) is 12.2 Å². The Kier molecular flexibility index (Phi) is 4.28. The number of hydrogen-bond donors (Lipinski definition) is 0. The van der Waals surface area contributed by atoms with Crippen molar-refractivity contribution < 1.29 is 14.3 Å². The quantitative estimate of drug-likeness (QED) is 0.521. The molecule has 1 unspecified atom stereocenters. The number of esters is 1. The Balaban J connectivity index is 2.78. The van der Waals surface area contributed by atoms with E-state index in [9.17, 15) is 9.59 Å². The van der Waals surface area contributed by atoms with Crippen molar-refractivity contribution in [3.63, 3.8) is 0 Å². The largest absolute Gasteiger partial charge is 0.460 e. The number of likely N-dealkylation sites (tertiary alicyclic amines) is 1. The van der Waals surface area contributed by atoms with Gasteiger partial charge in [-0.2, -0.15) is 0 Å². The van der Waals surface area contributed by atoms with E-state index in [1.165, 1.54) is 6.92 Å². The van der Waals surface area contributed by atoms with Crippen molar-refractivity contribution in [2.45, 2.75) is 31.9 Å². The second kappa shape index (κ2) is 5.49. The van der Waals surface area contributed by atoms with Crippen molar-refractivity contribution in [1.29, 1.82) is 0 Å². The van der Waals surface area contributed by atoms with Gasteiger partial charge in [-0.3, -0.25) is 9.59 Å². The fraction of sp³-hybridized carbons (Fsp3) is 0.500. The van der Waals surface area contributed by atoms with Gasteiger partial charge in [0.15, 0.2) is 0 Å². The number of carbonyl (C=O) groups excluding carboxylic acids is 2. The van der Waals surface area contributed by atoms with Gasteiger partial charge < -0.3 is 9.64 Å². The van der Waals surface area contributed by atoms with E-state index in [0.717, 1.165) is 0 Å². The van der Waals surface area contributed by atoms with Gasteiger partial charge in [0.2, 0.25) is 5.91 Å². The van der Waals surface area contributed by atoms with Gasteiger partial charge in [0.1, 0.15) is 6.10 Å². The summed E-state index contributed by atoms with van der Waals surface area (Å²) in [6.07, 6.45) is 3.92. The van der Waals surface area contributed by atoms with Crippen molar-refractivity contribution in [2.75, 3.05) is 6.54 Å².